The highest BCUT2D eigenvalue weighted by Gasteiger charge is 2.38. The molecule has 2 rings (SSSR count). The molecule has 0 aromatic carbocycles. The Kier molecular flexibility index (Phi) is 5.72. The second kappa shape index (κ2) is 7.18. The molecule has 5 heteroatoms. The number of ether oxygens (including phenoxy) is 2. The lowest BCUT2D eigenvalue weighted by Crippen LogP contribution is -2.53. The molecule has 22 heavy (non-hydrogen) atoms. The van der Waals surface area contributed by atoms with E-state index in [-0.39, 0.29) is 11.6 Å². The monoisotopic (exact) mass is 312 g/mol. The van der Waals surface area contributed by atoms with Crippen LogP contribution in [0.2, 0.25) is 0 Å². The second-order valence-corrected chi connectivity index (χ2v) is 7.50. The van der Waals surface area contributed by atoms with E-state index in [1.807, 2.05) is 25.7 Å². The molecule has 2 saturated heterocycles. The third-order valence-electron chi connectivity index (χ3n) is 4.91. The lowest BCUT2D eigenvalue weighted by molar-refractivity contribution is -0.0308. The first-order chi connectivity index (χ1) is 10.4. The number of hydrogen-bond acceptors (Lipinski definition) is 4. The zero-order valence-corrected chi connectivity index (χ0v) is 14.7. The maximum absolute atomic E-state index is 12.3. The molecular weight excluding hydrogens is 280 g/mol. The Morgan fingerprint density at radius 2 is 1.82 bits per heavy atom. The van der Waals surface area contributed by atoms with Crippen molar-refractivity contribution in [2.75, 3.05) is 39.4 Å². The Bertz CT molecular complexity index is 375. The van der Waals surface area contributed by atoms with Gasteiger partial charge in [-0.1, -0.05) is 6.92 Å². The minimum absolute atomic E-state index is 0.165. The Morgan fingerprint density at radius 3 is 2.41 bits per heavy atom. The number of amides is 1. The summed E-state index contributed by atoms with van der Waals surface area (Å²) in [6, 6.07) is 0. The van der Waals surface area contributed by atoms with Crippen LogP contribution < -0.4 is 0 Å². The predicted molar refractivity (Wildman–Crippen MR) is 87.1 cm³/mol. The van der Waals surface area contributed by atoms with Crippen LogP contribution in [0.3, 0.4) is 0 Å². The quantitative estimate of drug-likeness (QED) is 0.786. The lowest BCUT2D eigenvalue weighted by Gasteiger charge is -2.45. The third kappa shape index (κ3) is 4.35. The largest absolute Gasteiger partial charge is 0.444 e. The number of hydrogen-bond donors (Lipinski definition) is 0. The van der Waals surface area contributed by atoms with E-state index >= 15 is 0 Å². The van der Waals surface area contributed by atoms with Crippen molar-refractivity contribution in [2.45, 2.75) is 64.5 Å². The van der Waals surface area contributed by atoms with Crippen molar-refractivity contribution in [2.24, 2.45) is 0 Å². The van der Waals surface area contributed by atoms with Gasteiger partial charge in [-0.3, -0.25) is 4.90 Å². The number of carbonyl (C=O) groups excluding carboxylic acids is 1. The minimum Gasteiger partial charge on any atom is -0.444 e. The zero-order valence-electron chi connectivity index (χ0n) is 14.7. The van der Waals surface area contributed by atoms with E-state index in [0.29, 0.717) is 0 Å². The van der Waals surface area contributed by atoms with E-state index in [4.69, 9.17) is 9.47 Å². The highest BCUT2D eigenvalue weighted by molar-refractivity contribution is 5.68. The molecule has 0 aromatic rings. The van der Waals surface area contributed by atoms with Gasteiger partial charge in [-0.05, 0) is 46.5 Å². The first kappa shape index (κ1) is 17.5. The van der Waals surface area contributed by atoms with Crippen molar-refractivity contribution >= 4 is 6.09 Å². The fourth-order valence-corrected chi connectivity index (χ4v) is 3.62. The van der Waals surface area contributed by atoms with E-state index in [1.54, 1.807) is 0 Å². The molecule has 2 heterocycles. The summed E-state index contributed by atoms with van der Waals surface area (Å²) in [7, 11) is 0. The number of morpholine rings is 1. The molecular formula is C17H32N2O3. The van der Waals surface area contributed by atoms with Crippen LogP contribution in [0, 0.1) is 0 Å². The standard InChI is InChI=1S/C17H32N2O3/c1-5-17(19-11-13-21-14-12-19)7-6-9-18(10-8-17)15(20)22-16(2,3)4/h5-14H2,1-4H3. The first-order valence-corrected chi connectivity index (χ1v) is 8.67. The molecule has 0 spiro atoms. The molecule has 1 unspecified atom stereocenters. The van der Waals surface area contributed by atoms with Gasteiger partial charge in [0, 0.05) is 31.7 Å². The molecule has 128 valence electrons. The molecule has 0 aromatic heterocycles. The summed E-state index contributed by atoms with van der Waals surface area (Å²) in [6.45, 7) is 13.3. The molecule has 2 aliphatic heterocycles. The van der Waals surface area contributed by atoms with Crippen LogP contribution in [0.4, 0.5) is 4.79 Å². The van der Waals surface area contributed by atoms with Crippen molar-refractivity contribution in [3.05, 3.63) is 0 Å². The maximum atomic E-state index is 12.3. The molecule has 1 amide bonds. The number of nitrogens with zero attached hydrogens (tertiary/aromatic N) is 2. The average Bonchev–Trinajstić information content (AvgIpc) is 2.70. The van der Waals surface area contributed by atoms with Gasteiger partial charge in [0.15, 0.2) is 0 Å². The third-order valence-corrected chi connectivity index (χ3v) is 4.91. The van der Waals surface area contributed by atoms with Crippen LogP contribution in [-0.2, 0) is 9.47 Å². The molecule has 1 atom stereocenters. The normalized spacial score (nSPS) is 28.3. The van der Waals surface area contributed by atoms with Crippen LogP contribution in [0.15, 0.2) is 0 Å². The lowest BCUT2D eigenvalue weighted by atomic mass is 9.85. The Labute approximate surface area is 134 Å². The fraction of sp³-hybridized carbons (Fsp3) is 0.941. The molecule has 0 bridgehead atoms. The summed E-state index contributed by atoms with van der Waals surface area (Å²) in [5.74, 6) is 0. The summed E-state index contributed by atoms with van der Waals surface area (Å²) >= 11 is 0. The number of rotatable bonds is 2. The van der Waals surface area contributed by atoms with Crippen LogP contribution in [0.1, 0.15) is 53.4 Å². The summed E-state index contributed by atoms with van der Waals surface area (Å²) in [5, 5.41) is 0. The molecule has 0 radical (unpaired) electrons. The first-order valence-electron chi connectivity index (χ1n) is 8.67. The smallest absolute Gasteiger partial charge is 0.410 e. The zero-order chi connectivity index (χ0) is 16.2. The molecule has 0 saturated carbocycles. The van der Waals surface area contributed by atoms with Gasteiger partial charge in [0.1, 0.15) is 5.60 Å². The van der Waals surface area contributed by atoms with Crippen LogP contribution >= 0.6 is 0 Å². The van der Waals surface area contributed by atoms with Crippen molar-refractivity contribution < 1.29 is 14.3 Å². The Morgan fingerprint density at radius 1 is 1.14 bits per heavy atom. The van der Waals surface area contributed by atoms with E-state index in [1.165, 1.54) is 0 Å². The van der Waals surface area contributed by atoms with E-state index in [0.717, 1.165) is 65.1 Å². The molecule has 5 nitrogen and oxygen atoms in total. The van der Waals surface area contributed by atoms with Gasteiger partial charge in [-0.25, -0.2) is 4.79 Å². The van der Waals surface area contributed by atoms with Gasteiger partial charge in [0.2, 0.25) is 0 Å². The van der Waals surface area contributed by atoms with Gasteiger partial charge >= 0.3 is 6.09 Å². The topological polar surface area (TPSA) is 42.0 Å². The van der Waals surface area contributed by atoms with Gasteiger partial charge in [-0.2, -0.15) is 0 Å². The average molecular weight is 312 g/mol. The van der Waals surface area contributed by atoms with Crippen molar-refractivity contribution in [3.63, 3.8) is 0 Å². The molecule has 2 aliphatic rings. The summed E-state index contributed by atoms with van der Waals surface area (Å²) < 4.78 is 11.0. The highest BCUT2D eigenvalue weighted by Crippen LogP contribution is 2.33. The van der Waals surface area contributed by atoms with Gasteiger partial charge in [-0.15, -0.1) is 0 Å². The van der Waals surface area contributed by atoms with E-state index in [9.17, 15) is 4.79 Å². The van der Waals surface area contributed by atoms with Crippen LogP contribution in [-0.4, -0.2) is 66.4 Å². The van der Waals surface area contributed by atoms with Crippen molar-refractivity contribution in [3.8, 4) is 0 Å². The summed E-state index contributed by atoms with van der Waals surface area (Å²) in [6.07, 6.45) is 4.20. The Hall–Kier alpha value is -0.810. The summed E-state index contributed by atoms with van der Waals surface area (Å²) in [5.41, 5.74) is -0.198. The van der Waals surface area contributed by atoms with Crippen LogP contribution in [0.25, 0.3) is 0 Å². The predicted octanol–water partition coefficient (Wildman–Crippen LogP) is 2.89. The fourth-order valence-electron chi connectivity index (χ4n) is 3.62. The van der Waals surface area contributed by atoms with E-state index in [2.05, 4.69) is 11.8 Å². The van der Waals surface area contributed by atoms with Crippen LogP contribution in [0.5, 0.6) is 0 Å². The maximum Gasteiger partial charge on any atom is 0.410 e. The molecule has 0 aliphatic carbocycles. The van der Waals surface area contributed by atoms with Crippen molar-refractivity contribution in [1.29, 1.82) is 0 Å². The second-order valence-electron chi connectivity index (χ2n) is 7.50. The number of likely N-dealkylation sites (tertiary alicyclic amines) is 1. The minimum atomic E-state index is -0.421. The molecule has 0 N–H and O–H groups in total. The van der Waals surface area contributed by atoms with Gasteiger partial charge in [0.25, 0.3) is 0 Å². The van der Waals surface area contributed by atoms with Gasteiger partial charge < -0.3 is 14.4 Å². The van der Waals surface area contributed by atoms with E-state index < -0.39 is 5.60 Å². The van der Waals surface area contributed by atoms with Gasteiger partial charge in [0.05, 0.1) is 13.2 Å². The Balaban J connectivity index is 1.99. The number of carbonyl (C=O) groups is 1. The molecule has 2 fully saturated rings. The SMILES string of the molecule is CCC1(N2CCOCC2)CCCN(C(=O)OC(C)(C)C)CC1. The highest BCUT2D eigenvalue weighted by atomic mass is 16.6. The van der Waals surface area contributed by atoms with Crippen molar-refractivity contribution in [1.82, 2.24) is 9.80 Å². The summed E-state index contributed by atoms with van der Waals surface area (Å²) in [4.78, 5) is 16.8.